The molecule has 0 aliphatic rings. The van der Waals surface area contributed by atoms with Crippen molar-refractivity contribution in [3.8, 4) is 0 Å². The summed E-state index contributed by atoms with van der Waals surface area (Å²) in [5, 5.41) is 44.2. The number of hydrogen-bond donors (Lipinski definition) is 1. The number of rotatable bonds is 0. The van der Waals surface area contributed by atoms with Gasteiger partial charge in [0.25, 0.3) is 0 Å². The molecule has 0 aliphatic carbocycles. The maximum absolute atomic E-state index is 8.25. The van der Waals surface area contributed by atoms with Gasteiger partial charge in [0.1, 0.15) is 0 Å². The first kappa shape index (κ1) is 30.3. The molecule has 1 radical (unpaired) electrons. The molecule has 24 heavy (non-hydrogen) atoms. The van der Waals surface area contributed by atoms with Gasteiger partial charge in [0, 0.05) is 0 Å². The van der Waals surface area contributed by atoms with Crippen LogP contribution in [0.25, 0.3) is 10.2 Å². The monoisotopic (exact) mass is 431 g/mol. The summed E-state index contributed by atoms with van der Waals surface area (Å²) in [5.41, 5.74) is 1.14. The number of para-hydroxylation sites is 1. The molecule has 1 heterocycles. The molecule has 0 aliphatic heterocycles. The van der Waals surface area contributed by atoms with Crippen LogP contribution in [0.2, 0.25) is 0 Å². The molecule has 0 atom stereocenters. The van der Waals surface area contributed by atoms with Gasteiger partial charge < -0.3 is 50.9 Å². The minimum Gasteiger partial charge on any atom is -0.356 e. The minimum atomic E-state index is -1.75. The molecule has 2 rings (SSSR count). The topological polar surface area (TPSA) is 214 Å². The molecule has 0 spiro atoms. The fourth-order valence-corrected chi connectivity index (χ4v) is 2.01. The van der Waals surface area contributed by atoms with Gasteiger partial charge in [-0.3, -0.25) is 0 Å². The summed E-state index contributed by atoms with van der Waals surface area (Å²) in [7, 11) is 0. The Morgan fingerprint density at radius 3 is 1.54 bits per heavy atom. The van der Waals surface area contributed by atoms with E-state index in [9.17, 15) is 0 Å². The second-order valence-corrected chi connectivity index (χ2v) is 4.40. The average Bonchev–Trinajstić information content (AvgIpc) is 2.66. The van der Waals surface area contributed by atoms with Crippen LogP contribution in [0.3, 0.4) is 0 Å². The molecule has 1 N–H and O–H groups in total. The van der Waals surface area contributed by atoms with E-state index < -0.39 is 15.3 Å². The van der Waals surface area contributed by atoms with Crippen LogP contribution in [-0.2, 0) is 17.1 Å². The first-order valence-corrected chi connectivity index (χ1v) is 5.81. The van der Waals surface area contributed by atoms with E-state index >= 15 is 0 Å². The number of fused-ring (bicyclic) bond motifs is 1. The van der Waals surface area contributed by atoms with Gasteiger partial charge in [0.2, 0.25) is 0 Å². The van der Waals surface area contributed by atoms with Crippen LogP contribution in [0.1, 0.15) is 0 Å². The van der Waals surface area contributed by atoms with Crippen molar-refractivity contribution in [3.05, 3.63) is 74.2 Å². The Morgan fingerprint density at radius 2 is 1.21 bits per heavy atom. The number of aromatic nitrogens is 1. The van der Waals surface area contributed by atoms with E-state index in [0.29, 0.717) is 0 Å². The summed E-state index contributed by atoms with van der Waals surface area (Å²) in [6.45, 7) is 0. The van der Waals surface area contributed by atoms with Gasteiger partial charge in [0.05, 0.1) is 25.5 Å². The summed E-state index contributed by atoms with van der Waals surface area (Å²) < 4.78 is 2.08. The zero-order valence-electron chi connectivity index (χ0n) is 11.5. The number of hydrogen-bond acceptors (Lipinski definition) is 11. The summed E-state index contributed by atoms with van der Waals surface area (Å²) in [4.78, 5) is 27.8. The third kappa shape index (κ3) is 25.4. The van der Waals surface area contributed by atoms with Gasteiger partial charge >= 0.3 is 46.6 Å². The van der Waals surface area contributed by atoms with Crippen LogP contribution in [-0.4, -0.2) is 20.2 Å². The first-order valence-electron chi connectivity index (χ1n) is 4.58. The largest absolute Gasteiger partial charge is 2.00 e. The van der Waals surface area contributed by atoms with Crippen LogP contribution < -0.4 is 29.6 Å². The summed E-state index contributed by atoms with van der Waals surface area (Å²) in [5.74, 6) is 0. The van der Waals surface area contributed by atoms with E-state index in [2.05, 4.69) is 11.1 Å². The fourth-order valence-electron chi connectivity index (χ4n) is 0.894. The van der Waals surface area contributed by atoms with Crippen LogP contribution in [0.15, 0.2) is 24.3 Å². The standard InChI is InChI=1S/C7H5NS2.Mn.3NO3.Na/c9-7-8-5-3-1-2-4-6(5)10-7;;3*2-1(3)4;/h1-4H,(H,8,9);;;;;/q;+2;3*-1;+1. The first-order chi connectivity index (χ1) is 10.1. The average molecular weight is 431 g/mol. The number of thiazole rings is 1. The fraction of sp³-hybridized carbons (Fsp3) is 0. The van der Waals surface area contributed by atoms with Gasteiger partial charge in [0.15, 0.2) is 3.95 Å². The van der Waals surface area contributed by atoms with Gasteiger partial charge in [-0.05, 0) is 24.4 Å². The second kappa shape index (κ2) is 17.8. The molecule has 127 valence electrons. The Hall–Kier alpha value is -1.55. The van der Waals surface area contributed by atoms with Crippen LogP contribution in [0, 0.1) is 49.9 Å². The molecule has 17 heteroatoms. The maximum Gasteiger partial charge on any atom is 2.00 e. The van der Waals surface area contributed by atoms with Crippen molar-refractivity contribution in [2.45, 2.75) is 0 Å². The third-order valence-electron chi connectivity index (χ3n) is 1.33. The molecule has 0 fully saturated rings. The van der Waals surface area contributed by atoms with Crippen LogP contribution >= 0.6 is 23.6 Å². The van der Waals surface area contributed by atoms with Gasteiger partial charge in [-0.25, -0.2) is 0 Å². The van der Waals surface area contributed by atoms with Gasteiger partial charge in [-0.15, -0.1) is 11.3 Å². The van der Waals surface area contributed by atoms with Crippen molar-refractivity contribution < 1.29 is 61.9 Å². The third-order valence-corrected chi connectivity index (χ3v) is 2.54. The summed E-state index contributed by atoms with van der Waals surface area (Å²) >= 11 is 6.59. The molecule has 0 saturated heterocycles. The quantitative estimate of drug-likeness (QED) is 0.238. The van der Waals surface area contributed by atoms with Crippen molar-refractivity contribution in [1.82, 2.24) is 4.98 Å². The van der Waals surface area contributed by atoms with Crippen molar-refractivity contribution in [2.75, 3.05) is 0 Å². The number of benzene rings is 1. The zero-order valence-corrected chi connectivity index (χ0v) is 16.3. The van der Waals surface area contributed by atoms with E-state index in [4.69, 9.17) is 58.2 Å². The van der Waals surface area contributed by atoms with Crippen molar-refractivity contribution in [2.24, 2.45) is 0 Å². The van der Waals surface area contributed by atoms with E-state index in [1.807, 2.05) is 18.2 Å². The SMILES string of the molecule is O=[N+]([O-])[O-].O=[N+]([O-])[O-].O=[N+]([O-])[O-].S=c1[nH]c2ccccc2s1.[Mn+2].[Na+]. The Kier molecular flexibility index (Phi) is 22.5. The second-order valence-electron chi connectivity index (χ2n) is 2.68. The van der Waals surface area contributed by atoms with Crippen LogP contribution in [0.4, 0.5) is 0 Å². The predicted octanol–water partition coefficient (Wildman–Crippen LogP) is -0.757. The summed E-state index contributed by atoms with van der Waals surface area (Å²) in [6, 6.07) is 8.11. The molecule has 1 aromatic heterocycles. The zero-order chi connectivity index (χ0) is 17.7. The smallest absolute Gasteiger partial charge is 0.356 e. The molecule has 0 unspecified atom stereocenters. The van der Waals surface area contributed by atoms with Crippen LogP contribution in [0.5, 0.6) is 0 Å². The number of aromatic amines is 1. The van der Waals surface area contributed by atoms with E-state index in [1.165, 1.54) is 4.70 Å². The van der Waals surface area contributed by atoms with E-state index in [0.717, 1.165) is 9.47 Å². The van der Waals surface area contributed by atoms with E-state index in [1.54, 1.807) is 11.3 Å². The maximum atomic E-state index is 8.25. The van der Waals surface area contributed by atoms with Crippen molar-refractivity contribution >= 4 is 33.8 Å². The minimum absolute atomic E-state index is 0. The molecule has 0 bridgehead atoms. The van der Waals surface area contributed by atoms with E-state index in [-0.39, 0.29) is 46.6 Å². The molecule has 0 amide bonds. The van der Waals surface area contributed by atoms with Gasteiger partial charge in [-0.1, -0.05) is 12.1 Å². The summed E-state index contributed by atoms with van der Waals surface area (Å²) in [6.07, 6.45) is 0. The number of H-pyrrole nitrogens is 1. The van der Waals surface area contributed by atoms with Crippen molar-refractivity contribution in [3.63, 3.8) is 0 Å². The normalized spacial score (nSPS) is 7.33. The molecule has 1 aromatic carbocycles. The molecule has 0 saturated carbocycles. The Balaban J connectivity index is -0.000000124. The molecule has 2 aromatic rings. The Morgan fingerprint density at radius 1 is 0.875 bits per heavy atom. The molecule has 13 nitrogen and oxygen atoms in total. The predicted molar refractivity (Wildman–Crippen MR) is 78.1 cm³/mol. The molecular formula is C7H5MnN4NaO9S2. The van der Waals surface area contributed by atoms with Gasteiger partial charge in [-0.2, -0.15) is 0 Å². The Labute approximate surface area is 174 Å². The number of nitrogens with zero attached hydrogens (tertiary/aromatic N) is 3. The number of nitrogens with one attached hydrogen (secondary N) is 1. The molecular weight excluding hydrogens is 426 g/mol. The van der Waals surface area contributed by atoms with Crippen molar-refractivity contribution in [1.29, 1.82) is 0 Å². The Bertz CT molecular complexity index is 604.